The van der Waals surface area contributed by atoms with Crippen LogP contribution in [0.25, 0.3) is 0 Å². The third-order valence-corrected chi connectivity index (χ3v) is 5.94. The Labute approximate surface area is 189 Å². The molecule has 1 aliphatic rings. The predicted octanol–water partition coefficient (Wildman–Crippen LogP) is 5.59. The largest absolute Gasteiger partial charge is 0.351 e. The lowest BCUT2D eigenvalue weighted by Crippen LogP contribution is -2.35. The number of hydrogen-bond acceptors (Lipinski definition) is 2. The van der Waals surface area contributed by atoms with Crippen LogP contribution in [0, 0.1) is 0 Å². The summed E-state index contributed by atoms with van der Waals surface area (Å²) < 4.78 is 0. The second-order valence-corrected chi connectivity index (χ2v) is 8.27. The van der Waals surface area contributed by atoms with E-state index in [4.69, 9.17) is 0 Å². The number of rotatable bonds is 5. The molecule has 1 atom stereocenters. The molecule has 3 amide bonds. The number of urea groups is 1. The third-order valence-electron chi connectivity index (χ3n) is 5.94. The number of aryl methyl sites for hydroxylation is 1. The summed E-state index contributed by atoms with van der Waals surface area (Å²) in [6.07, 6.45) is 3.04. The Morgan fingerprint density at radius 1 is 0.906 bits per heavy atom. The molecule has 32 heavy (non-hydrogen) atoms. The fourth-order valence-corrected chi connectivity index (χ4v) is 4.05. The molecule has 2 N–H and O–H groups in total. The molecular formula is C27H29N3O2. The lowest BCUT2D eigenvalue weighted by molar-refractivity contribution is 0.0951. The molecule has 0 bridgehead atoms. The molecule has 0 saturated heterocycles. The predicted molar refractivity (Wildman–Crippen MR) is 129 cm³/mol. The van der Waals surface area contributed by atoms with E-state index in [0.29, 0.717) is 24.3 Å². The second-order valence-electron chi connectivity index (χ2n) is 8.27. The van der Waals surface area contributed by atoms with Crippen molar-refractivity contribution in [3.8, 4) is 0 Å². The van der Waals surface area contributed by atoms with Crippen LogP contribution in [0.1, 0.15) is 47.2 Å². The first-order valence-corrected chi connectivity index (χ1v) is 11.2. The van der Waals surface area contributed by atoms with E-state index in [1.165, 1.54) is 11.1 Å². The van der Waals surface area contributed by atoms with Crippen LogP contribution in [0.2, 0.25) is 0 Å². The molecule has 0 saturated carbocycles. The van der Waals surface area contributed by atoms with Crippen molar-refractivity contribution in [3.05, 3.63) is 95.6 Å². The van der Waals surface area contributed by atoms with Crippen molar-refractivity contribution in [2.24, 2.45) is 0 Å². The summed E-state index contributed by atoms with van der Waals surface area (Å²) in [5.74, 6) is 0.113. The van der Waals surface area contributed by atoms with E-state index in [1.54, 1.807) is 24.3 Å². The quantitative estimate of drug-likeness (QED) is 0.557. The fraction of sp³-hybridized carbons (Fsp3) is 0.259. The SMILES string of the molecule is C[C@@H](CNC(=O)c1ccc(NC(=O)N2CCCCc3ccccc32)cc1)c1ccccc1. The average Bonchev–Trinajstić information content (AvgIpc) is 3.06. The van der Waals surface area contributed by atoms with Crippen LogP contribution in [0.5, 0.6) is 0 Å². The van der Waals surface area contributed by atoms with Gasteiger partial charge >= 0.3 is 6.03 Å². The zero-order valence-corrected chi connectivity index (χ0v) is 18.4. The third kappa shape index (κ3) is 5.17. The first kappa shape index (κ1) is 21.6. The molecule has 0 radical (unpaired) electrons. The Bertz CT molecular complexity index is 1060. The van der Waals surface area contributed by atoms with Crippen LogP contribution in [-0.4, -0.2) is 25.0 Å². The van der Waals surface area contributed by atoms with Crippen LogP contribution in [0.15, 0.2) is 78.9 Å². The van der Waals surface area contributed by atoms with E-state index in [1.807, 2.05) is 41.3 Å². The number of fused-ring (bicyclic) bond motifs is 1. The van der Waals surface area contributed by atoms with Gasteiger partial charge in [-0.05, 0) is 66.6 Å². The molecule has 0 unspecified atom stereocenters. The molecule has 1 aliphatic heterocycles. The van der Waals surface area contributed by atoms with Crippen molar-refractivity contribution >= 4 is 23.3 Å². The van der Waals surface area contributed by atoms with Crippen molar-refractivity contribution in [2.45, 2.75) is 32.1 Å². The summed E-state index contributed by atoms with van der Waals surface area (Å²) >= 11 is 0. The van der Waals surface area contributed by atoms with Gasteiger partial charge in [0.05, 0.1) is 0 Å². The van der Waals surface area contributed by atoms with Gasteiger partial charge in [-0.2, -0.15) is 0 Å². The molecule has 3 aromatic rings. The fourth-order valence-electron chi connectivity index (χ4n) is 4.05. The second kappa shape index (κ2) is 10.1. The monoisotopic (exact) mass is 427 g/mol. The normalized spacial score (nSPS) is 14.1. The van der Waals surface area contributed by atoms with E-state index in [0.717, 1.165) is 24.9 Å². The van der Waals surface area contributed by atoms with E-state index in [9.17, 15) is 9.59 Å². The number of amides is 3. The topological polar surface area (TPSA) is 61.4 Å². The summed E-state index contributed by atoms with van der Waals surface area (Å²) in [6.45, 7) is 3.36. The van der Waals surface area contributed by atoms with E-state index in [-0.39, 0.29) is 17.9 Å². The van der Waals surface area contributed by atoms with Crippen LogP contribution >= 0.6 is 0 Å². The number of benzene rings is 3. The summed E-state index contributed by atoms with van der Waals surface area (Å²) in [5.41, 5.74) is 4.62. The van der Waals surface area contributed by atoms with Crippen LogP contribution in [0.3, 0.4) is 0 Å². The number of nitrogens with zero attached hydrogens (tertiary/aromatic N) is 1. The minimum absolute atomic E-state index is 0.118. The summed E-state index contributed by atoms with van der Waals surface area (Å²) in [5, 5.41) is 5.97. The van der Waals surface area contributed by atoms with Crippen LogP contribution in [-0.2, 0) is 6.42 Å². The maximum atomic E-state index is 12.9. The summed E-state index contributed by atoms with van der Waals surface area (Å²) in [6, 6.07) is 25.1. The van der Waals surface area contributed by atoms with Crippen molar-refractivity contribution < 1.29 is 9.59 Å². The summed E-state index contributed by atoms with van der Waals surface area (Å²) in [4.78, 5) is 27.3. The molecular weight excluding hydrogens is 398 g/mol. The molecule has 4 rings (SSSR count). The van der Waals surface area contributed by atoms with E-state index in [2.05, 4.69) is 35.8 Å². The molecule has 0 aromatic heterocycles. The maximum absolute atomic E-state index is 12.9. The highest BCUT2D eigenvalue weighted by Gasteiger charge is 2.21. The Kier molecular flexibility index (Phi) is 6.85. The van der Waals surface area contributed by atoms with Crippen molar-refractivity contribution in [2.75, 3.05) is 23.3 Å². The molecule has 1 heterocycles. The first-order chi connectivity index (χ1) is 15.6. The highest BCUT2D eigenvalue weighted by Crippen LogP contribution is 2.26. The number of nitrogens with one attached hydrogen (secondary N) is 2. The van der Waals surface area contributed by atoms with Crippen LogP contribution in [0.4, 0.5) is 16.2 Å². The van der Waals surface area contributed by atoms with Gasteiger partial charge in [0.2, 0.25) is 0 Å². The Morgan fingerprint density at radius 3 is 2.41 bits per heavy atom. The minimum Gasteiger partial charge on any atom is -0.351 e. The molecule has 0 aliphatic carbocycles. The Hall–Kier alpha value is -3.60. The number of anilines is 2. The molecule has 3 aromatic carbocycles. The molecule has 5 nitrogen and oxygen atoms in total. The van der Waals surface area contributed by atoms with Gasteiger partial charge in [0.25, 0.3) is 5.91 Å². The standard InChI is InChI=1S/C27H29N3O2/c1-20(21-9-3-2-4-10-21)19-28-26(31)23-14-16-24(17-15-23)29-27(32)30-18-8-7-12-22-11-5-6-13-25(22)30/h2-6,9-11,13-17,20H,7-8,12,18-19H2,1H3,(H,28,31)(H,29,32)/t20-/m0/s1. The van der Waals surface area contributed by atoms with Gasteiger partial charge in [-0.3, -0.25) is 9.69 Å². The van der Waals surface area contributed by atoms with Gasteiger partial charge < -0.3 is 10.6 Å². The first-order valence-electron chi connectivity index (χ1n) is 11.2. The number of carbonyl (C=O) groups is 2. The lowest BCUT2D eigenvalue weighted by atomic mass is 10.0. The van der Waals surface area contributed by atoms with Gasteiger partial charge in [-0.25, -0.2) is 4.79 Å². The van der Waals surface area contributed by atoms with Gasteiger partial charge in [-0.1, -0.05) is 55.5 Å². The molecule has 0 spiro atoms. The zero-order chi connectivity index (χ0) is 22.3. The Balaban J connectivity index is 1.35. The van der Waals surface area contributed by atoms with Crippen molar-refractivity contribution in [1.29, 1.82) is 0 Å². The highest BCUT2D eigenvalue weighted by molar-refractivity contribution is 6.02. The van der Waals surface area contributed by atoms with Crippen molar-refractivity contribution in [3.63, 3.8) is 0 Å². The van der Waals surface area contributed by atoms with Gasteiger partial charge in [0.1, 0.15) is 0 Å². The Morgan fingerprint density at radius 2 is 1.62 bits per heavy atom. The smallest absolute Gasteiger partial charge is 0.326 e. The van der Waals surface area contributed by atoms with Gasteiger partial charge in [0.15, 0.2) is 0 Å². The van der Waals surface area contributed by atoms with Crippen molar-refractivity contribution in [1.82, 2.24) is 5.32 Å². The van der Waals surface area contributed by atoms with Gasteiger partial charge in [0, 0.05) is 30.0 Å². The van der Waals surface area contributed by atoms with E-state index >= 15 is 0 Å². The summed E-state index contributed by atoms with van der Waals surface area (Å²) in [7, 11) is 0. The number of para-hydroxylation sites is 1. The number of hydrogen-bond donors (Lipinski definition) is 2. The zero-order valence-electron chi connectivity index (χ0n) is 18.4. The molecule has 0 fully saturated rings. The highest BCUT2D eigenvalue weighted by atomic mass is 16.2. The number of carbonyl (C=O) groups excluding carboxylic acids is 2. The average molecular weight is 428 g/mol. The minimum atomic E-state index is -0.145. The van der Waals surface area contributed by atoms with Gasteiger partial charge in [-0.15, -0.1) is 0 Å². The molecule has 5 heteroatoms. The maximum Gasteiger partial charge on any atom is 0.326 e. The lowest BCUT2D eigenvalue weighted by Gasteiger charge is -2.23. The van der Waals surface area contributed by atoms with E-state index < -0.39 is 0 Å². The van der Waals surface area contributed by atoms with Crippen LogP contribution < -0.4 is 15.5 Å². The molecule has 164 valence electrons.